The molecule has 0 aromatic heterocycles. The van der Waals surface area contributed by atoms with Crippen LogP contribution in [0.3, 0.4) is 0 Å². The summed E-state index contributed by atoms with van der Waals surface area (Å²) in [7, 11) is 0. The first-order chi connectivity index (χ1) is 11.7. The van der Waals surface area contributed by atoms with Crippen LogP contribution in [0, 0.1) is 0 Å². The Kier molecular flexibility index (Phi) is 5.49. The molecule has 1 aliphatic heterocycles. The second kappa shape index (κ2) is 7.97. The van der Waals surface area contributed by atoms with E-state index in [1.165, 1.54) is 6.42 Å². The third-order valence-corrected chi connectivity index (χ3v) is 4.23. The van der Waals surface area contributed by atoms with E-state index in [0.717, 1.165) is 31.5 Å². The van der Waals surface area contributed by atoms with E-state index in [1.54, 1.807) is 24.3 Å². The Balaban J connectivity index is 1.83. The Labute approximate surface area is 146 Å². The van der Waals surface area contributed by atoms with Crippen molar-refractivity contribution in [2.24, 2.45) is 5.16 Å². The summed E-state index contributed by atoms with van der Waals surface area (Å²) in [4.78, 5) is 19.5. The Morgan fingerprint density at radius 2 is 1.58 bits per heavy atom. The van der Waals surface area contributed by atoms with Crippen molar-refractivity contribution in [3.8, 4) is 0 Å². The lowest BCUT2D eigenvalue weighted by Crippen LogP contribution is -2.36. The van der Waals surface area contributed by atoms with E-state index < -0.39 is 5.97 Å². The number of nitrogens with zero attached hydrogens (tertiary/aromatic N) is 2. The fourth-order valence-corrected chi connectivity index (χ4v) is 2.84. The van der Waals surface area contributed by atoms with Crippen molar-refractivity contribution in [2.75, 3.05) is 13.1 Å². The Hall–Kier alpha value is -2.33. The average molecular weight is 343 g/mol. The summed E-state index contributed by atoms with van der Waals surface area (Å²) in [6.07, 6.45) is 3.44. The summed E-state index contributed by atoms with van der Waals surface area (Å²) >= 11 is 5.97. The molecule has 5 heteroatoms. The fraction of sp³-hybridized carbons (Fsp3) is 0.263. The van der Waals surface area contributed by atoms with Crippen molar-refractivity contribution in [3.63, 3.8) is 0 Å². The largest absolute Gasteiger partial charge is 0.365 e. The molecule has 2 aromatic rings. The number of rotatable bonds is 3. The van der Waals surface area contributed by atoms with Crippen molar-refractivity contribution in [1.82, 2.24) is 4.90 Å². The zero-order valence-electron chi connectivity index (χ0n) is 13.3. The van der Waals surface area contributed by atoms with E-state index in [-0.39, 0.29) is 0 Å². The molecule has 0 radical (unpaired) electrons. The summed E-state index contributed by atoms with van der Waals surface area (Å²) < 4.78 is 0. The Morgan fingerprint density at radius 1 is 0.917 bits per heavy atom. The molecule has 0 unspecified atom stereocenters. The minimum atomic E-state index is -0.459. The molecule has 4 nitrogen and oxygen atoms in total. The highest BCUT2D eigenvalue weighted by atomic mass is 35.5. The van der Waals surface area contributed by atoms with Crippen molar-refractivity contribution >= 4 is 23.4 Å². The maximum Gasteiger partial charge on any atom is 0.365 e. The first kappa shape index (κ1) is 16.5. The summed E-state index contributed by atoms with van der Waals surface area (Å²) in [5.74, 6) is 0.217. The van der Waals surface area contributed by atoms with Crippen molar-refractivity contribution in [1.29, 1.82) is 0 Å². The van der Waals surface area contributed by atoms with Gasteiger partial charge in [-0.15, -0.1) is 0 Å². The first-order valence-corrected chi connectivity index (χ1v) is 8.47. The van der Waals surface area contributed by atoms with Crippen LogP contribution in [-0.4, -0.2) is 29.8 Å². The van der Waals surface area contributed by atoms with Gasteiger partial charge in [0.2, 0.25) is 0 Å². The van der Waals surface area contributed by atoms with Crippen molar-refractivity contribution < 1.29 is 9.63 Å². The molecular weight excluding hydrogens is 324 g/mol. The number of carbonyl (C=O) groups excluding carboxylic acids is 1. The number of piperidine rings is 1. The van der Waals surface area contributed by atoms with Crippen LogP contribution in [0.15, 0.2) is 59.8 Å². The molecule has 0 saturated carbocycles. The third kappa shape index (κ3) is 4.15. The molecule has 0 N–H and O–H groups in total. The van der Waals surface area contributed by atoms with Crippen LogP contribution in [0.25, 0.3) is 0 Å². The number of amidine groups is 1. The minimum absolute atomic E-state index is 0.459. The highest BCUT2D eigenvalue weighted by Gasteiger charge is 2.18. The Morgan fingerprint density at radius 3 is 2.25 bits per heavy atom. The first-order valence-electron chi connectivity index (χ1n) is 8.09. The molecule has 24 heavy (non-hydrogen) atoms. The number of halogens is 1. The topological polar surface area (TPSA) is 41.9 Å². The number of benzene rings is 2. The number of carbonyl (C=O) groups is 1. The highest BCUT2D eigenvalue weighted by Crippen LogP contribution is 2.17. The lowest BCUT2D eigenvalue weighted by Gasteiger charge is -2.29. The second-order valence-corrected chi connectivity index (χ2v) is 6.15. The number of likely N-dealkylation sites (tertiary alicyclic amines) is 1. The molecular formula is C19H19ClN2O2. The number of hydrogen-bond acceptors (Lipinski definition) is 3. The minimum Gasteiger partial charge on any atom is -0.353 e. The molecule has 0 spiro atoms. The van der Waals surface area contributed by atoms with Crippen LogP contribution in [0.1, 0.15) is 35.2 Å². The fourth-order valence-electron chi connectivity index (χ4n) is 2.71. The van der Waals surface area contributed by atoms with Gasteiger partial charge in [-0.25, -0.2) is 4.79 Å². The van der Waals surface area contributed by atoms with Crippen molar-refractivity contribution in [3.05, 3.63) is 70.7 Å². The van der Waals surface area contributed by atoms with Crippen LogP contribution in [0.4, 0.5) is 0 Å². The van der Waals surface area contributed by atoms with Gasteiger partial charge in [0, 0.05) is 23.7 Å². The van der Waals surface area contributed by atoms with E-state index in [4.69, 9.17) is 16.4 Å². The predicted octanol–water partition coefficient (Wildman–Crippen LogP) is 4.34. The van der Waals surface area contributed by atoms with E-state index in [1.807, 2.05) is 30.3 Å². The molecule has 0 bridgehead atoms. The second-order valence-electron chi connectivity index (χ2n) is 5.71. The summed E-state index contributed by atoms with van der Waals surface area (Å²) in [5.41, 5.74) is 1.37. The molecule has 3 rings (SSSR count). The maximum atomic E-state index is 12.1. The van der Waals surface area contributed by atoms with E-state index in [2.05, 4.69) is 10.1 Å². The monoisotopic (exact) mass is 342 g/mol. The normalized spacial score (nSPS) is 15.2. The van der Waals surface area contributed by atoms with Gasteiger partial charge in [0.15, 0.2) is 5.84 Å². The van der Waals surface area contributed by atoms with Crippen LogP contribution in [-0.2, 0) is 4.84 Å². The van der Waals surface area contributed by atoms with E-state index >= 15 is 0 Å². The molecule has 0 amide bonds. The molecule has 1 heterocycles. The molecule has 1 aliphatic rings. The van der Waals surface area contributed by atoms with Crippen LogP contribution in [0.5, 0.6) is 0 Å². The van der Waals surface area contributed by atoms with E-state index in [0.29, 0.717) is 16.4 Å². The molecule has 1 saturated heterocycles. The van der Waals surface area contributed by atoms with Gasteiger partial charge >= 0.3 is 5.97 Å². The average Bonchev–Trinajstić information content (AvgIpc) is 2.65. The zero-order chi connectivity index (χ0) is 16.8. The summed E-state index contributed by atoms with van der Waals surface area (Å²) in [6.45, 7) is 1.81. The van der Waals surface area contributed by atoms with Crippen molar-refractivity contribution in [2.45, 2.75) is 19.3 Å². The summed E-state index contributed by atoms with van der Waals surface area (Å²) in [5, 5.41) is 4.84. The van der Waals surface area contributed by atoms with Crippen LogP contribution < -0.4 is 0 Å². The lowest BCUT2D eigenvalue weighted by molar-refractivity contribution is 0.0509. The predicted molar refractivity (Wildman–Crippen MR) is 95.3 cm³/mol. The molecule has 0 atom stereocenters. The third-order valence-electron chi connectivity index (χ3n) is 3.98. The number of hydrogen-bond donors (Lipinski definition) is 0. The molecule has 124 valence electrons. The smallest absolute Gasteiger partial charge is 0.353 e. The maximum absolute atomic E-state index is 12.1. The van der Waals surface area contributed by atoms with Gasteiger partial charge in [-0.2, -0.15) is 0 Å². The summed E-state index contributed by atoms with van der Waals surface area (Å²) in [6, 6.07) is 16.3. The Bertz CT molecular complexity index is 708. The van der Waals surface area contributed by atoms with Gasteiger partial charge in [0.05, 0.1) is 5.56 Å². The van der Waals surface area contributed by atoms with Crippen LogP contribution >= 0.6 is 11.6 Å². The SMILES string of the molecule is O=C(O/N=C(\c1ccc(Cl)cc1)N1CCCCC1)c1ccccc1. The van der Waals surface area contributed by atoms with Gasteiger partial charge in [0.25, 0.3) is 0 Å². The highest BCUT2D eigenvalue weighted by molar-refractivity contribution is 6.30. The van der Waals surface area contributed by atoms with Gasteiger partial charge in [-0.1, -0.05) is 35.0 Å². The van der Waals surface area contributed by atoms with Gasteiger partial charge in [-0.3, -0.25) is 0 Å². The molecule has 1 fully saturated rings. The molecule has 2 aromatic carbocycles. The van der Waals surface area contributed by atoms with Gasteiger partial charge < -0.3 is 9.74 Å². The zero-order valence-corrected chi connectivity index (χ0v) is 14.1. The lowest BCUT2D eigenvalue weighted by atomic mass is 10.1. The number of oxime groups is 1. The van der Waals surface area contributed by atoms with Gasteiger partial charge in [0.1, 0.15) is 0 Å². The quantitative estimate of drug-likeness (QED) is 0.360. The van der Waals surface area contributed by atoms with Gasteiger partial charge in [-0.05, 0) is 55.7 Å². The molecule has 0 aliphatic carbocycles. The van der Waals surface area contributed by atoms with E-state index in [9.17, 15) is 4.79 Å². The standard InChI is InChI=1S/C19H19ClN2O2/c20-17-11-9-15(10-12-17)18(22-13-5-2-6-14-22)21-24-19(23)16-7-3-1-4-8-16/h1,3-4,7-12H,2,5-6,13-14H2/b21-18+. The van der Waals surface area contributed by atoms with Crippen LogP contribution in [0.2, 0.25) is 5.02 Å².